The molecule has 3 fully saturated rings. The highest BCUT2D eigenvalue weighted by Gasteiger charge is 2.51. The van der Waals surface area contributed by atoms with Gasteiger partial charge in [-0.05, 0) is 62.3 Å². The largest absolute Gasteiger partial charge is 0.393 e. The van der Waals surface area contributed by atoms with E-state index in [0.29, 0.717) is 24.7 Å². The summed E-state index contributed by atoms with van der Waals surface area (Å²) in [5, 5.41) is 22.4. The molecule has 0 aliphatic heterocycles. The number of aliphatic hydroxyl groups excluding tert-OH is 1. The number of anilines is 1. The number of nitrogens with zero attached hydrogens (tertiary/aromatic N) is 5. The number of nitrogens with one attached hydrogen (secondary N) is 1. The van der Waals surface area contributed by atoms with Crippen LogP contribution in [0.2, 0.25) is 0 Å². The SMILES string of the molecule is Nc1ncnn2c(-c3cccc([C@]4(C(=O)NC5CC5)C[C@@H](O)C4)c3)cc(-c3ccnn3C3CC3)c12. The minimum absolute atomic E-state index is 0.0167. The van der Waals surface area contributed by atoms with Gasteiger partial charge in [-0.25, -0.2) is 9.50 Å². The van der Waals surface area contributed by atoms with Crippen LogP contribution in [0, 0.1) is 0 Å². The van der Waals surface area contributed by atoms with Gasteiger partial charge in [-0.1, -0.05) is 18.2 Å². The summed E-state index contributed by atoms with van der Waals surface area (Å²) in [5.74, 6) is 0.423. The second-order valence-electron chi connectivity index (χ2n) is 10.2. The van der Waals surface area contributed by atoms with Gasteiger partial charge in [0.05, 0.1) is 28.9 Å². The summed E-state index contributed by atoms with van der Waals surface area (Å²) in [6.07, 6.45) is 8.00. The van der Waals surface area contributed by atoms with Gasteiger partial charge in [0.2, 0.25) is 5.91 Å². The van der Waals surface area contributed by atoms with Crippen molar-refractivity contribution < 1.29 is 9.90 Å². The van der Waals surface area contributed by atoms with Crippen LogP contribution in [0.5, 0.6) is 0 Å². The van der Waals surface area contributed by atoms with Gasteiger partial charge >= 0.3 is 0 Å². The first kappa shape index (κ1) is 20.6. The topological polar surface area (TPSA) is 123 Å². The van der Waals surface area contributed by atoms with Gasteiger partial charge < -0.3 is 16.2 Å². The summed E-state index contributed by atoms with van der Waals surface area (Å²) in [6, 6.07) is 12.8. The molecule has 3 aromatic heterocycles. The van der Waals surface area contributed by atoms with E-state index in [1.54, 1.807) is 0 Å². The molecule has 3 heterocycles. The number of carbonyl (C=O) groups excluding carboxylic acids is 1. The Morgan fingerprint density at radius 2 is 1.91 bits per heavy atom. The molecule has 1 amide bonds. The van der Waals surface area contributed by atoms with Gasteiger partial charge in [0.15, 0.2) is 5.82 Å². The third-order valence-corrected chi connectivity index (χ3v) is 7.65. The fourth-order valence-electron chi connectivity index (χ4n) is 5.43. The zero-order valence-corrected chi connectivity index (χ0v) is 19.3. The van der Waals surface area contributed by atoms with Gasteiger partial charge in [-0.15, -0.1) is 0 Å². The number of nitrogen functional groups attached to an aromatic ring is 1. The number of amides is 1. The number of aliphatic hydroxyl groups is 1. The van der Waals surface area contributed by atoms with E-state index in [0.717, 1.165) is 59.3 Å². The third kappa shape index (κ3) is 3.25. The molecule has 3 aliphatic rings. The third-order valence-electron chi connectivity index (χ3n) is 7.65. The van der Waals surface area contributed by atoms with Crippen LogP contribution in [0.25, 0.3) is 28.0 Å². The van der Waals surface area contributed by atoms with Crippen LogP contribution in [0.4, 0.5) is 5.82 Å². The molecular weight excluding hydrogens is 442 g/mol. The second kappa shape index (κ2) is 7.39. The summed E-state index contributed by atoms with van der Waals surface area (Å²) >= 11 is 0. The van der Waals surface area contributed by atoms with Crippen LogP contribution in [0.1, 0.15) is 50.1 Å². The Hall–Kier alpha value is -3.72. The molecule has 0 unspecified atom stereocenters. The predicted octanol–water partition coefficient (Wildman–Crippen LogP) is 2.85. The van der Waals surface area contributed by atoms with E-state index in [9.17, 15) is 9.90 Å². The summed E-state index contributed by atoms with van der Waals surface area (Å²) in [5.41, 5.74) is 11.0. The van der Waals surface area contributed by atoms with Crippen LogP contribution < -0.4 is 11.1 Å². The smallest absolute Gasteiger partial charge is 0.231 e. The summed E-state index contributed by atoms with van der Waals surface area (Å²) in [7, 11) is 0. The Kier molecular flexibility index (Phi) is 4.36. The molecule has 3 aliphatic carbocycles. The van der Waals surface area contributed by atoms with Gasteiger partial charge in [-0.3, -0.25) is 9.48 Å². The van der Waals surface area contributed by atoms with Crippen molar-refractivity contribution in [3.63, 3.8) is 0 Å². The normalized spacial score (nSPS) is 23.9. The van der Waals surface area contributed by atoms with Crippen molar-refractivity contribution in [3.05, 3.63) is 54.5 Å². The summed E-state index contributed by atoms with van der Waals surface area (Å²) < 4.78 is 3.89. The van der Waals surface area contributed by atoms with Crippen molar-refractivity contribution >= 4 is 17.2 Å². The molecule has 0 radical (unpaired) electrons. The van der Waals surface area contributed by atoms with Crippen LogP contribution in [0.15, 0.2) is 48.9 Å². The van der Waals surface area contributed by atoms with E-state index in [4.69, 9.17) is 5.73 Å². The van der Waals surface area contributed by atoms with Crippen molar-refractivity contribution in [1.29, 1.82) is 0 Å². The van der Waals surface area contributed by atoms with Gasteiger partial charge in [-0.2, -0.15) is 10.2 Å². The minimum atomic E-state index is -0.702. The van der Waals surface area contributed by atoms with Gasteiger partial charge in [0, 0.05) is 23.4 Å². The molecular formula is C26H27N7O2. The molecule has 9 heteroatoms. The number of rotatable bonds is 6. The van der Waals surface area contributed by atoms with Crippen LogP contribution in [-0.2, 0) is 10.2 Å². The van der Waals surface area contributed by atoms with Crippen molar-refractivity contribution in [2.24, 2.45) is 0 Å². The van der Waals surface area contributed by atoms with Gasteiger partial charge in [0.25, 0.3) is 0 Å². The van der Waals surface area contributed by atoms with E-state index < -0.39 is 11.5 Å². The lowest BCUT2D eigenvalue weighted by Gasteiger charge is -2.44. The first-order valence-corrected chi connectivity index (χ1v) is 12.3. The first-order chi connectivity index (χ1) is 17.0. The van der Waals surface area contributed by atoms with Crippen molar-refractivity contribution in [2.75, 3.05) is 5.73 Å². The Morgan fingerprint density at radius 1 is 1.09 bits per heavy atom. The highest BCUT2D eigenvalue weighted by atomic mass is 16.3. The first-order valence-electron chi connectivity index (χ1n) is 12.3. The lowest BCUT2D eigenvalue weighted by atomic mass is 9.62. The maximum absolute atomic E-state index is 13.2. The Balaban J connectivity index is 1.35. The lowest BCUT2D eigenvalue weighted by Crippen LogP contribution is -2.55. The summed E-state index contributed by atoms with van der Waals surface area (Å²) in [6.45, 7) is 0. The fraction of sp³-hybridized carbons (Fsp3) is 0.385. The minimum Gasteiger partial charge on any atom is -0.393 e. The van der Waals surface area contributed by atoms with Gasteiger partial charge in [0.1, 0.15) is 11.8 Å². The van der Waals surface area contributed by atoms with Crippen LogP contribution in [-0.4, -0.2) is 47.5 Å². The van der Waals surface area contributed by atoms with Crippen LogP contribution >= 0.6 is 0 Å². The number of benzene rings is 1. The number of hydrogen-bond donors (Lipinski definition) is 3. The monoisotopic (exact) mass is 469 g/mol. The highest BCUT2D eigenvalue weighted by Crippen LogP contribution is 2.46. The molecule has 7 rings (SSSR count). The van der Waals surface area contributed by atoms with Crippen LogP contribution in [0.3, 0.4) is 0 Å². The second-order valence-corrected chi connectivity index (χ2v) is 10.2. The molecule has 9 nitrogen and oxygen atoms in total. The molecule has 0 spiro atoms. The lowest BCUT2D eigenvalue weighted by molar-refractivity contribution is -0.135. The predicted molar refractivity (Wildman–Crippen MR) is 130 cm³/mol. The molecule has 35 heavy (non-hydrogen) atoms. The molecule has 3 saturated carbocycles. The standard InChI is InChI=1S/C26H27N7O2/c27-24-23-20(21-8-9-29-32(21)18-6-7-18)11-22(33(23)30-14-28-24)15-2-1-3-16(10-15)26(12-19(34)13-26)25(35)31-17-4-5-17/h1-3,8-11,14,17-19,34H,4-7,12-13H2,(H,31,35)(H2,27,28,30)/t19-,26+. The Labute approximate surface area is 202 Å². The average molecular weight is 470 g/mol. The molecule has 4 aromatic rings. The van der Waals surface area contributed by atoms with E-state index in [1.165, 1.54) is 6.33 Å². The number of aromatic nitrogens is 5. The zero-order valence-electron chi connectivity index (χ0n) is 19.3. The maximum atomic E-state index is 13.2. The Bertz CT molecular complexity index is 1460. The van der Waals surface area contributed by atoms with E-state index >= 15 is 0 Å². The molecule has 178 valence electrons. The zero-order chi connectivity index (χ0) is 23.7. The number of hydrogen-bond acceptors (Lipinski definition) is 6. The average Bonchev–Trinajstić information content (AvgIpc) is 3.76. The van der Waals surface area contributed by atoms with Crippen molar-refractivity contribution in [1.82, 2.24) is 29.7 Å². The number of carbonyl (C=O) groups is 1. The van der Waals surface area contributed by atoms with E-state index in [1.807, 2.05) is 35.0 Å². The number of nitrogens with two attached hydrogens (primary N) is 1. The Morgan fingerprint density at radius 3 is 2.66 bits per heavy atom. The van der Waals surface area contributed by atoms with Crippen molar-refractivity contribution in [3.8, 4) is 22.5 Å². The molecule has 0 bridgehead atoms. The summed E-state index contributed by atoms with van der Waals surface area (Å²) in [4.78, 5) is 17.5. The highest BCUT2D eigenvalue weighted by molar-refractivity contribution is 5.92. The van der Waals surface area contributed by atoms with E-state index in [-0.39, 0.29) is 11.9 Å². The van der Waals surface area contributed by atoms with Crippen molar-refractivity contribution in [2.45, 2.75) is 62.1 Å². The quantitative estimate of drug-likeness (QED) is 0.399. The van der Waals surface area contributed by atoms with E-state index in [2.05, 4.69) is 37.3 Å². The fourth-order valence-corrected chi connectivity index (χ4v) is 5.43. The molecule has 0 atom stereocenters. The molecule has 4 N–H and O–H groups in total. The maximum Gasteiger partial charge on any atom is 0.231 e. The molecule has 0 saturated heterocycles. The number of fused-ring (bicyclic) bond motifs is 1. The molecule has 1 aromatic carbocycles.